The second kappa shape index (κ2) is 8.25. The summed E-state index contributed by atoms with van der Waals surface area (Å²) in [5.41, 5.74) is 0.708. The predicted molar refractivity (Wildman–Crippen MR) is 90.4 cm³/mol. The van der Waals surface area contributed by atoms with E-state index in [1.165, 1.54) is 18.2 Å². The van der Waals surface area contributed by atoms with Gasteiger partial charge in [0.1, 0.15) is 6.04 Å². The Hall–Kier alpha value is -1.93. The molecule has 0 heterocycles. The maximum atomic E-state index is 12.4. The number of carbonyl (C=O) groups is 2. The van der Waals surface area contributed by atoms with Crippen LogP contribution < -0.4 is 10.0 Å². The van der Waals surface area contributed by atoms with E-state index in [2.05, 4.69) is 10.0 Å². The van der Waals surface area contributed by atoms with Crippen molar-refractivity contribution in [3.63, 3.8) is 0 Å². The first-order valence-corrected chi connectivity index (χ1v) is 9.26. The molecule has 134 valence electrons. The molecule has 1 rings (SSSR count). The molecule has 1 aromatic rings. The summed E-state index contributed by atoms with van der Waals surface area (Å²) >= 11 is 0. The number of hydrogen-bond donors (Lipinski definition) is 3. The monoisotopic (exact) mass is 356 g/mol. The van der Waals surface area contributed by atoms with Crippen molar-refractivity contribution in [2.75, 3.05) is 6.54 Å². The zero-order chi connectivity index (χ0) is 18.5. The quantitative estimate of drug-likeness (QED) is 0.654. The second-order valence-electron chi connectivity index (χ2n) is 5.65. The molecule has 1 amide bonds. The fourth-order valence-corrected chi connectivity index (χ4v) is 3.26. The number of carboxylic acid groups (broad SMARTS) is 1. The van der Waals surface area contributed by atoms with E-state index in [0.29, 0.717) is 12.0 Å². The Morgan fingerprint density at radius 3 is 2.38 bits per heavy atom. The van der Waals surface area contributed by atoms with Crippen LogP contribution in [0.15, 0.2) is 23.1 Å². The largest absolute Gasteiger partial charge is 0.480 e. The first-order chi connectivity index (χ1) is 11.1. The Morgan fingerprint density at radius 2 is 1.88 bits per heavy atom. The van der Waals surface area contributed by atoms with Gasteiger partial charge in [0, 0.05) is 12.1 Å². The van der Waals surface area contributed by atoms with Gasteiger partial charge in [-0.15, -0.1) is 0 Å². The minimum absolute atomic E-state index is 0.0319. The topological polar surface area (TPSA) is 113 Å². The molecule has 0 aliphatic heterocycles. The van der Waals surface area contributed by atoms with Gasteiger partial charge in [0.15, 0.2) is 0 Å². The van der Waals surface area contributed by atoms with Crippen LogP contribution >= 0.6 is 0 Å². The van der Waals surface area contributed by atoms with E-state index >= 15 is 0 Å². The number of carboxylic acids is 1. The minimum Gasteiger partial charge on any atom is -0.480 e. The Balaban J connectivity index is 3.17. The van der Waals surface area contributed by atoms with Gasteiger partial charge in [-0.2, -0.15) is 0 Å². The lowest BCUT2D eigenvalue weighted by Crippen LogP contribution is -2.45. The first-order valence-electron chi connectivity index (χ1n) is 7.78. The number of nitrogens with one attached hydrogen (secondary N) is 2. The number of sulfonamides is 1. The molecular weight excluding hydrogens is 332 g/mol. The lowest BCUT2D eigenvalue weighted by atomic mass is 9.98. The number of hydrogen-bond acceptors (Lipinski definition) is 4. The van der Waals surface area contributed by atoms with Gasteiger partial charge in [-0.25, -0.2) is 17.9 Å². The molecule has 0 unspecified atom stereocenters. The molecule has 0 spiro atoms. The number of carbonyl (C=O) groups excluding carboxylic acids is 1. The van der Waals surface area contributed by atoms with Gasteiger partial charge < -0.3 is 10.4 Å². The van der Waals surface area contributed by atoms with Gasteiger partial charge in [0.05, 0.1) is 4.90 Å². The standard InChI is InChI=1S/C16H24N2O5S/c1-5-10(3)14(16(20)21)18-15(19)13-9-12(8-7-11(13)4)24(22,23)17-6-2/h7-10,14,17H,5-6H2,1-4H3,(H,18,19)(H,20,21)/t10-,14-/m0/s1. The van der Waals surface area contributed by atoms with Crippen molar-refractivity contribution in [2.24, 2.45) is 5.92 Å². The third kappa shape index (κ3) is 4.78. The molecule has 0 saturated heterocycles. The van der Waals surface area contributed by atoms with E-state index in [1.807, 2.05) is 6.92 Å². The molecule has 0 saturated carbocycles. The number of aliphatic carboxylic acids is 1. The van der Waals surface area contributed by atoms with Crippen LogP contribution in [0.2, 0.25) is 0 Å². The zero-order valence-corrected chi connectivity index (χ0v) is 15.1. The zero-order valence-electron chi connectivity index (χ0n) is 14.3. The van der Waals surface area contributed by atoms with Crippen LogP contribution in [-0.2, 0) is 14.8 Å². The molecule has 0 aliphatic carbocycles. The molecule has 0 aliphatic rings. The number of benzene rings is 1. The number of amides is 1. The summed E-state index contributed by atoms with van der Waals surface area (Å²) in [6.07, 6.45) is 0.588. The maximum absolute atomic E-state index is 12.4. The highest BCUT2D eigenvalue weighted by atomic mass is 32.2. The molecular formula is C16H24N2O5S. The Kier molecular flexibility index (Phi) is 6.92. The van der Waals surface area contributed by atoms with E-state index in [-0.39, 0.29) is 22.9 Å². The highest BCUT2D eigenvalue weighted by Gasteiger charge is 2.27. The van der Waals surface area contributed by atoms with Gasteiger partial charge in [-0.1, -0.05) is 33.3 Å². The van der Waals surface area contributed by atoms with Gasteiger partial charge in [0.25, 0.3) is 5.91 Å². The fourth-order valence-electron chi connectivity index (χ4n) is 2.19. The Labute approximate surface area is 142 Å². The summed E-state index contributed by atoms with van der Waals surface area (Å²) < 4.78 is 26.5. The van der Waals surface area contributed by atoms with Gasteiger partial charge >= 0.3 is 5.97 Å². The van der Waals surface area contributed by atoms with Crippen molar-refractivity contribution in [3.05, 3.63) is 29.3 Å². The van der Waals surface area contributed by atoms with Crippen LogP contribution in [0.1, 0.15) is 43.1 Å². The summed E-state index contributed by atoms with van der Waals surface area (Å²) in [5, 5.41) is 11.8. The van der Waals surface area contributed by atoms with Crippen molar-refractivity contribution in [2.45, 2.75) is 45.1 Å². The highest BCUT2D eigenvalue weighted by Crippen LogP contribution is 2.17. The predicted octanol–water partition coefficient (Wildman–Crippen LogP) is 1.52. The maximum Gasteiger partial charge on any atom is 0.326 e. The Morgan fingerprint density at radius 1 is 1.25 bits per heavy atom. The van der Waals surface area contributed by atoms with Gasteiger partial charge in [-0.3, -0.25) is 4.79 Å². The third-order valence-electron chi connectivity index (χ3n) is 3.86. The van der Waals surface area contributed by atoms with Crippen molar-refractivity contribution in [1.82, 2.24) is 10.0 Å². The molecule has 1 aromatic carbocycles. The lowest BCUT2D eigenvalue weighted by molar-refractivity contribution is -0.140. The van der Waals surface area contributed by atoms with Crippen LogP contribution in [0.25, 0.3) is 0 Å². The van der Waals surface area contributed by atoms with Crippen LogP contribution in [0.5, 0.6) is 0 Å². The molecule has 0 aromatic heterocycles. The van der Waals surface area contributed by atoms with Crippen LogP contribution in [0.3, 0.4) is 0 Å². The second-order valence-corrected chi connectivity index (χ2v) is 7.42. The molecule has 3 N–H and O–H groups in total. The minimum atomic E-state index is -3.70. The SMILES string of the molecule is CCNS(=O)(=O)c1ccc(C)c(C(=O)N[C@H](C(=O)O)[C@@H](C)CC)c1. The normalized spacial score (nSPS) is 14.0. The summed E-state index contributed by atoms with van der Waals surface area (Å²) in [4.78, 5) is 23.8. The molecule has 0 bridgehead atoms. The van der Waals surface area contributed by atoms with Gasteiger partial charge in [0.2, 0.25) is 10.0 Å². The van der Waals surface area contributed by atoms with Crippen molar-refractivity contribution < 1.29 is 23.1 Å². The number of aryl methyl sites for hydroxylation is 1. The average Bonchev–Trinajstić information content (AvgIpc) is 2.51. The summed E-state index contributed by atoms with van der Waals surface area (Å²) in [6, 6.07) is 3.17. The highest BCUT2D eigenvalue weighted by molar-refractivity contribution is 7.89. The molecule has 0 radical (unpaired) electrons. The smallest absolute Gasteiger partial charge is 0.326 e. The van der Waals surface area contributed by atoms with E-state index in [9.17, 15) is 23.1 Å². The van der Waals surface area contributed by atoms with E-state index in [1.54, 1.807) is 20.8 Å². The van der Waals surface area contributed by atoms with Crippen molar-refractivity contribution in [3.8, 4) is 0 Å². The van der Waals surface area contributed by atoms with E-state index in [4.69, 9.17) is 0 Å². The summed E-state index contributed by atoms with van der Waals surface area (Å²) in [7, 11) is -3.70. The van der Waals surface area contributed by atoms with E-state index in [0.717, 1.165) is 0 Å². The molecule has 7 nitrogen and oxygen atoms in total. The van der Waals surface area contributed by atoms with Gasteiger partial charge in [-0.05, 0) is 30.5 Å². The van der Waals surface area contributed by atoms with Crippen molar-refractivity contribution >= 4 is 21.9 Å². The fraction of sp³-hybridized carbons (Fsp3) is 0.500. The molecule has 24 heavy (non-hydrogen) atoms. The third-order valence-corrected chi connectivity index (χ3v) is 5.41. The van der Waals surface area contributed by atoms with Crippen LogP contribution in [0, 0.1) is 12.8 Å². The Bertz CT molecular complexity index is 715. The first kappa shape index (κ1) is 20.1. The summed E-state index contributed by atoms with van der Waals surface area (Å²) in [6.45, 7) is 7.12. The molecule has 2 atom stereocenters. The number of rotatable bonds is 8. The summed E-state index contributed by atoms with van der Waals surface area (Å²) in [5.74, 6) is -1.97. The average molecular weight is 356 g/mol. The van der Waals surface area contributed by atoms with Crippen LogP contribution in [-0.4, -0.2) is 38.0 Å². The van der Waals surface area contributed by atoms with Crippen LogP contribution in [0.4, 0.5) is 0 Å². The van der Waals surface area contributed by atoms with Crippen molar-refractivity contribution in [1.29, 1.82) is 0 Å². The van der Waals surface area contributed by atoms with E-state index < -0.39 is 27.9 Å². The molecule has 8 heteroatoms. The molecule has 0 fully saturated rings. The lowest BCUT2D eigenvalue weighted by Gasteiger charge is -2.20.